The molecule has 0 spiro atoms. The van der Waals surface area contributed by atoms with E-state index < -0.39 is 0 Å². The summed E-state index contributed by atoms with van der Waals surface area (Å²) in [7, 11) is 1.66. The summed E-state index contributed by atoms with van der Waals surface area (Å²) < 4.78 is 21.6. The Balaban J connectivity index is 2.20. The van der Waals surface area contributed by atoms with E-state index in [-0.39, 0.29) is 6.61 Å². The average molecular weight is 391 g/mol. The minimum atomic E-state index is 0.0434. The summed E-state index contributed by atoms with van der Waals surface area (Å²) in [5.41, 5.74) is 2.12. The number of aliphatic hydroxyl groups excluding tert-OH is 1. The van der Waals surface area contributed by atoms with Gasteiger partial charge >= 0.3 is 0 Å². The third-order valence-corrected chi connectivity index (χ3v) is 3.83. The van der Waals surface area contributed by atoms with Crippen LogP contribution in [0.15, 0.2) is 54.1 Å². The Morgan fingerprint density at radius 2 is 1.71 bits per heavy atom. The lowest BCUT2D eigenvalue weighted by Crippen LogP contribution is -2.09. The fraction of sp³-hybridized carbons (Fsp3) is 0.478. The molecule has 1 aromatic rings. The highest BCUT2D eigenvalue weighted by atomic mass is 16.5. The van der Waals surface area contributed by atoms with Gasteiger partial charge in [0.15, 0.2) is 0 Å². The predicted octanol–water partition coefficient (Wildman–Crippen LogP) is 4.03. The van der Waals surface area contributed by atoms with Crippen molar-refractivity contribution in [2.24, 2.45) is 0 Å². The Morgan fingerprint density at radius 1 is 0.964 bits per heavy atom. The van der Waals surface area contributed by atoms with Gasteiger partial charge in [0.2, 0.25) is 0 Å². The van der Waals surface area contributed by atoms with Crippen molar-refractivity contribution >= 4 is 6.08 Å². The normalized spacial score (nSPS) is 12.3. The van der Waals surface area contributed by atoms with Crippen LogP contribution in [0, 0.1) is 0 Å². The molecule has 0 saturated carbocycles. The summed E-state index contributed by atoms with van der Waals surface area (Å²) in [6.07, 6.45) is 11.6. The smallest absolute Gasteiger partial charge is 0.119 e. The Morgan fingerprint density at radius 3 is 2.46 bits per heavy atom. The molecule has 28 heavy (non-hydrogen) atoms. The lowest BCUT2D eigenvalue weighted by Gasteiger charge is -2.08. The van der Waals surface area contributed by atoms with Gasteiger partial charge in [0, 0.05) is 13.7 Å². The summed E-state index contributed by atoms with van der Waals surface area (Å²) in [5.74, 6) is 0.863. The molecule has 0 aliphatic carbocycles. The highest BCUT2D eigenvalue weighted by molar-refractivity contribution is 5.56. The number of hydrogen-bond donors (Lipinski definition) is 1. The van der Waals surface area contributed by atoms with Crippen molar-refractivity contribution in [3.63, 3.8) is 0 Å². The molecule has 0 heterocycles. The van der Waals surface area contributed by atoms with Gasteiger partial charge in [-0.3, -0.25) is 0 Å². The van der Waals surface area contributed by atoms with Gasteiger partial charge in [0.1, 0.15) is 5.75 Å². The summed E-state index contributed by atoms with van der Waals surface area (Å²) in [6, 6.07) is 8.01. The van der Waals surface area contributed by atoms with Gasteiger partial charge in [-0.15, -0.1) is 0 Å². The second-order valence-electron chi connectivity index (χ2n) is 6.05. The van der Waals surface area contributed by atoms with Gasteiger partial charge in [0.25, 0.3) is 0 Å². The van der Waals surface area contributed by atoms with Crippen LogP contribution in [0.25, 0.3) is 6.08 Å². The SMILES string of the molecule is C/C=C(\C=C/CO)/C=C/c1cccc(OCCCCOCCOCCOC)c1. The van der Waals surface area contributed by atoms with Crippen LogP contribution in [0.1, 0.15) is 25.3 Å². The lowest BCUT2D eigenvalue weighted by atomic mass is 10.1. The van der Waals surface area contributed by atoms with Crippen molar-refractivity contribution in [3.05, 3.63) is 59.7 Å². The molecule has 0 unspecified atom stereocenters. The Labute approximate surface area is 169 Å². The number of allylic oxidation sites excluding steroid dienone is 4. The van der Waals surface area contributed by atoms with Crippen LogP contribution in [-0.4, -0.2) is 58.5 Å². The van der Waals surface area contributed by atoms with Crippen molar-refractivity contribution in [2.45, 2.75) is 19.8 Å². The zero-order valence-corrected chi connectivity index (χ0v) is 17.1. The molecule has 1 aromatic carbocycles. The van der Waals surface area contributed by atoms with E-state index in [4.69, 9.17) is 24.1 Å². The van der Waals surface area contributed by atoms with Crippen molar-refractivity contribution in [3.8, 4) is 5.75 Å². The summed E-state index contributed by atoms with van der Waals surface area (Å²) >= 11 is 0. The number of methoxy groups -OCH3 is 1. The van der Waals surface area contributed by atoms with Crippen LogP contribution < -0.4 is 4.74 Å². The molecule has 1 rings (SSSR count). The van der Waals surface area contributed by atoms with Crippen molar-refractivity contribution in [1.29, 1.82) is 0 Å². The van der Waals surface area contributed by atoms with Gasteiger partial charge in [0.05, 0.1) is 39.6 Å². The highest BCUT2D eigenvalue weighted by Crippen LogP contribution is 2.16. The third kappa shape index (κ3) is 12.5. The molecule has 0 aromatic heterocycles. The number of hydrogen-bond acceptors (Lipinski definition) is 5. The second kappa shape index (κ2) is 17.2. The minimum Gasteiger partial charge on any atom is -0.494 e. The monoisotopic (exact) mass is 390 g/mol. The van der Waals surface area contributed by atoms with E-state index in [9.17, 15) is 0 Å². The fourth-order valence-electron chi connectivity index (χ4n) is 2.30. The van der Waals surface area contributed by atoms with Crippen molar-refractivity contribution in [2.75, 3.05) is 53.4 Å². The fourth-order valence-corrected chi connectivity index (χ4v) is 2.30. The van der Waals surface area contributed by atoms with E-state index in [1.807, 2.05) is 55.5 Å². The van der Waals surface area contributed by atoms with E-state index in [1.165, 1.54) is 0 Å². The minimum absolute atomic E-state index is 0.0434. The predicted molar refractivity (Wildman–Crippen MR) is 114 cm³/mol. The summed E-state index contributed by atoms with van der Waals surface area (Å²) in [4.78, 5) is 0. The van der Waals surface area contributed by atoms with E-state index in [1.54, 1.807) is 13.2 Å². The number of unbranched alkanes of at least 4 members (excludes halogenated alkanes) is 1. The van der Waals surface area contributed by atoms with Crippen LogP contribution >= 0.6 is 0 Å². The molecule has 156 valence electrons. The van der Waals surface area contributed by atoms with E-state index in [0.717, 1.165) is 29.7 Å². The van der Waals surface area contributed by atoms with Crippen LogP contribution in [0.2, 0.25) is 0 Å². The lowest BCUT2D eigenvalue weighted by molar-refractivity contribution is 0.0235. The Hall–Kier alpha value is -1.92. The van der Waals surface area contributed by atoms with Gasteiger partial charge < -0.3 is 24.1 Å². The second-order valence-corrected chi connectivity index (χ2v) is 6.05. The van der Waals surface area contributed by atoms with Gasteiger partial charge in [-0.2, -0.15) is 0 Å². The number of rotatable bonds is 16. The first kappa shape index (κ1) is 24.1. The topological polar surface area (TPSA) is 57.2 Å². The van der Waals surface area contributed by atoms with Crippen molar-refractivity contribution < 1.29 is 24.1 Å². The molecule has 0 radical (unpaired) electrons. The van der Waals surface area contributed by atoms with Gasteiger partial charge in [-0.1, -0.05) is 42.5 Å². The van der Waals surface area contributed by atoms with Crippen LogP contribution in [-0.2, 0) is 14.2 Å². The van der Waals surface area contributed by atoms with Crippen molar-refractivity contribution in [1.82, 2.24) is 0 Å². The van der Waals surface area contributed by atoms with E-state index in [2.05, 4.69) is 0 Å². The summed E-state index contributed by atoms with van der Waals surface area (Å²) in [5, 5.41) is 8.86. The van der Waals surface area contributed by atoms with Crippen LogP contribution in [0.4, 0.5) is 0 Å². The molecule has 0 aliphatic rings. The molecule has 0 saturated heterocycles. The van der Waals surface area contributed by atoms with E-state index in [0.29, 0.717) is 39.6 Å². The molecule has 0 aliphatic heterocycles. The zero-order chi connectivity index (χ0) is 20.3. The van der Waals surface area contributed by atoms with Gasteiger partial charge in [-0.25, -0.2) is 0 Å². The zero-order valence-electron chi connectivity index (χ0n) is 17.1. The largest absolute Gasteiger partial charge is 0.494 e. The molecule has 0 bridgehead atoms. The first-order valence-corrected chi connectivity index (χ1v) is 9.79. The molecule has 1 N–H and O–H groups in total. The first-order chi connectivity index (χ1) is 13.8. The number of ether oxygens (including phenoxy) is 4. The Kier molecular flexibility index (Phi) is 14.8. The average Bonchev–Trinajstić information content (AvgIpc) is 2.72. The quantitative estimate of drug-likeness (QED) is 0.341. The molecule has 0 amide bonds. The van der Waals surface area contributed by atoms with E-state index >= 15 is 0 Å². The molecular formula is C23H34O5. The van der Waals surface area contributed by atoms with Crippen LogP contribution in [0.5, 0.6) is 5.75 Å². The maximum atomic E-state index is 8.86. The molecule has 5 nitrogen and oxygen atoms in total. The number of benzene rings is 1. The maximum absolute atomic E-state index is 8.86. The summed E-state index contributed by atoms with van der Waals surface area (Å²) in [6.45, 7) is 5.84. The van der Waals surface area contributed by atoms with Gasteiger partial charge in [-0.05, 0) is 43.0 Å². The molecule has 0 atom stereocenters. The van der Waals surface area contributed by atoms with Crippen LogP contribution in [0.3, 0.4) is 0 Å². The molecule has 0 fully saturated rings. The number of aliphatic hydroxyl groups is 1. The Bertz CT molecular complexity index is 592. The highest BCUT2D eigenvalue weighted by Gasteiger charge is 1.96. The third-order valence-electron chi connectivity index (χ3n) is 3.83. The first-order valence-electron chi connectivity index (χ1n) is 9.79. The molecular weight excluding hydrogens is 356 g/mol. The molecule has 5 heteroatoms. The maximum Gasteiger partial charge on any atom is 0.119 e. The standard InChI is InChI=1S/C23H34O5/c1-3-21(9-7-13-24)11-12-22-8-6-10-23(20-22)28-15-5-4-14-26-18-19-27-17-16-25-2/h3,6-12,20,24H,4-5,13-19H2,1-2H3/b9-7-,12-11+,21-3+.